The van der Waals surface area contributed by atoms with Crippen LogP contribution in [0.25, 0.3) is 11.0 Å². The summed E-state index contributed by atoms with van der Waals surface area (Å²) in [7, 11) is 0. The molecule has 0 spiro atoms. The monoisotopic (exact) mass is 218 g/mol. The Bertz CT molecular complexity index is 505. The molecule has 1 amide bonds. The zero-order chi connectivity index (χ0) is 11.5. The number of hydrogen-bond donors (Lipinski definition) is 1. The van der Waals surface area contributed by atoms with Crippen molar-refractivity contribution in [1.29, 1.82) is 0 Å². The number of rotatable bonds is 4. The van der Waals surface area contributed by atoms with Gasteiger partial charge in [0.05, 0.1) is 5.52 Å². The van der Waals surface area contributed by atoms with Crippen LogP contribution in [0, 0.1) is 0 Å². The predicted octanol–water partition coefficient (Wildman–Crippen LogP) is 1.26. The van der Waals surface area contributed by atoms with Crippen LogP contribution < -0.4 is 5.73 Å². The van der Waals surface area contributed by atoms with Crippen molar-refractivity contribution >= 4 is 16.9 Å². The fourth-order valence-corrected chi connectivity index (χ4v) is 1.78. The molecule has 1 unspecified atom stereocenters. The number of fused-ring (bicyclic) bond motifs is 1. The molecular weight excluding hydrogens is 204 g/mol. The number of aromatic nitrogens is 3. The molecule has 2 aromatic rings. The quantitative estimate of drug-likeness (QED) is 0.839. The van der Waals surface area contributed by atoms with E-state index in [-0.39, 0.29) is 5.91 Å². The number of carbonyl (C=O) groups excluding carboxylic acids is 1. The van der Waals surface area contributed by atoms with Gasteiger partial charge in [0.15, 0.2) is 0 Å². The highest BCUT2D eigenvalue weighted by atomic mass is 16.1. The van der Waals surface area contributed by atoms with Crippen molar-refractivity contribution < 1.29 is 4.79 Å². The molecule has 5 nitrogen and oxygen atoms in total. The van der Waals surface area contributed by atoms with Gasteiger partial charge < -0.3 is 5.73 Å². The first-order chi connectivity index (χ1) is 7.74. The van der Waals surface area contributed by atoms with E-state index in [4.69, 9.17) is 5.73 Å². The van der Waals surface area contributed by atoms with Gasteiger partial charge in [-0.1, -0.05) is 30.7 Å². The van der Waals surface area contributed by atoms with Gasteiger partial charge in [0, 0.05) is 0 Å². The van der Waals surface area contributed by atoms with Crippen LogP contribution in [0.2, 0.25) is 0 Å². The van der Waals surface area contributed by atoms with Crippen molar-refractivity contribution in [2.75, 3.05) is 0 Å². The van der Waals surface area contributed by atoms with Gasteiger partial charge in [-0.25, -0.2) is 4.68 Å². The van der Waals surface area contributed by atoms with E-state index in [2.05, 4.69) is 10.3 Å². The van der Waals surface area contributed by atoms with Crippen molar-refractivity contribution in [2.45, 2.75) is 25.8 Å². The highest BCUT2D eigenvalue weighted by Gasteiger charge is 2.19. The molecule has 1 aromatic carbocycles. The number of amides is 1. The molecule has 0 saturated heterocycles. The van der Waals surface area contributed by atoms with E-state index in [9.17, 15) is 4.79 Å². The molecule has 0 aliphatic rings. The van der Waals surface area contributed by atoms with E-state index >= 15 is 0 Å². The van der Waals surface area contributed by atoms with Crippen LogP contribution in [0.1, 0.15) is 25.8 Å². The summed E-state index contributed by atoms with van der Waals surface area (Å²) in [6.45, 7) is 2.01. The van der Waals surface area contributed by atoms with Crippen LogP contribution in [0.15, 0.2) is 24.3 Å². The number of hydrogen-bond acceptors (Lipinski definition) is 3. The third-order valence-electron chi connectivity index (χ3n) is 2.56. The molecule has 1 heterocycles. The van der Waals surface area contributed by atoms with Crippen molar-refractivity contribution in [3.8, 4) is 0 Å². The maximum Gasteiger partial charge on any atom is 0.242 e. The van der Waals surface area contributed by atoms with Gasteiger partial charge in [0.2, 0.25) is 5.91 Å². The Labute approximate surface area is 93.2 Å². The minimum absolute atomic E-state index is 0.363. The maximum atomic E-state index is 11.4. The molecule has 1 aromatic heterocycles. The topological polar surface area (TPSA) is 73.8 Å². The Kier molecular flexibility index (Phi) is 2.85. The molecule has 0 aliphatic heterocycles. The number of primary amides is 1. The number of nitrogens with zero attached hydrogens (tertiary/aromatic N) is 3. The molecular formula is C11H14N4O. The van der Waals surface area contributed by atoms with Crippen LogP contribution in [-0.2, 0) is 4.79 Å². The van der Waals surface area contributed by atoms with Crippen molar-refractivity contribution in [3.05, 3.63) is 24.3 Å². The lowest BCUT2D eigenvalue weighted by Crippen LogP contribution is -2.27. The Hall–Kier alpha value is -1.91. The van der Waals surface area contributed by atoms with Crippen molar-refractivity contribution in [2.24, 2.45) is 5.73 Å². The molecule has 0 bridgehead atoms. The number of benzene rings is 1. The normalized spacial score (nSPS) is 12.8. The maximum absolute atomic E-state index is 11.4. The number of carbonyl (C=O) groups is 1. The van der Waals surface area contributed by atoms with Crippen LogP contribution in [-0.4, -0.2) is 20.9 Å². The highest BCUT2D eigenvalue weighted by Crippen LogP contribution is 2.18. The molecule has 16 heavy (non-hydrogen) atoms. The summed E-state index contributed by atoms with van der Waals surface area (Å²) >= 11 is 0. The first-order valence-electron chi connectivity index (χ1n) is 5.33. The van der Waals surface area contributed by atoms with Crippen LogP contribution >= 0.6 is 0 Å². The Morgan fingerprint density at radius 3 is 2.94 bits per heavy atom. The fourth-order valence-electron chi connectivity index (χ4n) is 1.78. The second-order valence-corrected chi connectivity index (χ2v) is 3.73. The molecule has 84 valence electrons. The van der Waals surface area contributed by atoms with Gasteiger partial charge in [-0.2, -0.15) is 0 Å². The van der Waals surface area contributed by atoms with E-state index in [0.717, 1.165) is 17.5 Å². The minimum atomic E-state index is -0.405. The SMILES string of the molecule is CCCC(C(N)=O)n1nnc2ccccc21. The van der Waals surface area contributed by atoms with Gasteiger partial charge in [0.25, 0.3) is 0 Å². The summed E-state index contributed by atoms with van der Waals surface area (Å²) in [4.78, 5) is 11.4. The van der Waals surface area contributed by atoms with Crippen molar-refractivity contribution in [3.63, 3.8) is 0 Å². The second kappa shape index (κ2) is 4.30. The second-order valence-electron chi connectivity index (χ2n) is 3.73. The number of para-hydroxylation sites is 1. The van der Waals surface area contributed by atoms with Gasteiger partial charge in [-0.05, 0) is 18.6 Å². The molecule has 0 radical (unpaired) electrons. The number of nitrogens with two attached hydrogens (primary N) is 1. The lowest BCUT2D eigenvalue weighted by Gasteiger charge is -2.12. The van der Waals surface area contributed by atoms with E-state index < -0.39 is 6.04 Å². The Balaban J connectivity index is 2.48. The highest BCUT2D eigenvalue weighted by molar-refractivity contribution is 5.81. The van der Waals surface area contributed by atoms with Crippen molar-refractivity contribution in [1.82, 2.24) is 15.0 Å². The standard InChI is InChI=1S/C11H14N4O/c1-2-5-10(11(12)16)15-9-7-4-3-6-8(9)13-14-15/h3-4,6-7,10H,2,5H2,1H3,(H2,12,16). The van der Waals surface area contributed by atoms with Crippen LogP contribution in [0.3, 0.4) is 0 Å². The lowest BCUT2D eigenvalue weighted by atomic mass is 10.1. The zero-order valence-corrected chi connectivity index (χ0v) is 9.13. The smallest absolute Gasteiger partial charge is 0.242 e. The molecule has 0 aliphatic carbocycles. The van der Waals surface area contributed by atoms with Gasteiger partial charge in [-0.3, -0.25) is 4.79 Å². The molecule has 5 heteroatoms. The van der Waals surface area contributed by atoms with E-state index in [1.54, 1.807) is 4.68 Å². The van der Waals surface area contributed by atoms with Crippen LogP contribution in [0.4, 0.5) is 0 Å². The summed E-state index contributed by atoms with van der Waals surface area (Å²) < 4.78 is 1.61. The molecule has 0 saturated carbocycles. The lowest BCUT2D eigenvalue weighted by molar-refractivity contribution is -0.121. The van der Waals surface area contributed by atoms with E-state index in [0.29, 0.717) is 6.42 Å². The third-order valence-corrected chi connectivity index (χ3v) is 2.56. The molecule has 2 N–H and O–H groups in total. The van der Waals surface area contributed by atoms with Gasteiger partial charge in [0.1, 0.15) is 11.6 Å². The molecule has 1 atom stereocenters. The Morgan fingerprint density at radius 2 is 2.25 bits per heavy atom. The predicted molar refractivity (Wildman–Crippen MR) is 60.7 cm³/mol. The van der Waals surface area contributed by atoms with Crippen LogP contribution in [0.5, 0.6) is 0 Å². The largest absolute Gasteiger partial charge is 0.368 e. The summed E-state index contributed by atoms with van der Waals surface area (Å²) in [6, 6.07) is 7.13. The van der Waals surface area contributed by atoms with Gasteiger partial charge in [-0.15, -0.1) is 5.10 Å². The Morgan fingerprint density at radius 1 is 1.50 bits per heavy atom. The third kappa shape index (κ3) is 1.76. The zero-order valence-electron chi connectivity index (χ0n) is 9.13. The molecule has 2 rings (SSSR count). The van der Waals surface area contributed by atoms with E-state index in [1.807, 2.05) is 31.2 Å². The summed E-state index contributed by atoms with van der Waals surface area (Å²) in [5, 5.41) is 8.01. The first kappa shape index (κ1) is 10.6. The first-order valence-corrected chi connectivity index (χ1v) is 5.33. The summed E-state index contributed by atoms with van der Waals surface area (Å²) in [5.41, 5.74) is 7.01. The van der Waals surface area contributed by atoms with E-state index in [1.165, 1.54) is 0 Å². The average molecular weight is 218 g/mol. The summed E-state index contributed by atoms with van der Waals surface area (Å²) in [6.07, 6.45) is 1.56. The average Bonchev–Trinajstić information content (AvgIpc) is 2.69. The fraction of sp³-hybridized carbons (Fsp3) is 0.364. The minimum Gasteiger partial charge on any atom is -0.368 e. The summed E-state index contributed by atoms with van der Waals surface area (Å²) in [5.74, 6) is -0.363. The molecule has 0 fully saturated rings. The van der Waals surface area contributed by atoms with Gasteiger partial charge >= 0.3 is 0 Å².